The van der Waals surface area contributed by atoms with Crippen molar-refractivity contribution in [2.75, 3.05) is 13.7 Å². The Morgan fingerprint density at radius 2 is 2.00 bits per heavy atom. The Hall–Kier alpha value is -1.64. The molecule has 0 unspecified atom stereocenters. The minimum Gasteiger partial charge on any atom is -0.469 e. The number of hydrogen-bond acceptors (Lipinski definition) is 3. The van der Waals surface area contributed by atoms with Gasteiger partial charge >= 0.3 is 5.97 Å². The standard InChI is InChI=1S/C14H19NO2/c1-17-14(16)10-6-3-7-11-15-12-13-8-4-2-5-9-13/h2,4-5,8-9,12H,3,6-7,10-11H2,1H3. The van der Waals surface area contributed by atoms with Gasteiger partial charge in [0.15, 0.2) is 0 Å². The molecule has 1 aromatic rings. The summed E-state index contributed by atoms with van der Waals surface area (Å²) in [6.07, 6.45) is 5.31. The largest absolute Gasteiger partial charge is 0.469 e. The van der Waals surface area contributed by atoms with Gasteiger partial charge in [-0.1, -0.05) is 36.8 Å². The third-order valence-electron chi connectivity index (χ3n) is 2.44. The van der Waals surface area contributed by atoms with Crippen LogP contribution in [-0.4, -0.2) is 25.8 Å². The molecule has 0 amide bonds. The van der Waals surface area contributed by atoms with Crippen LogP contribution in [0.1, 0.15) is 31.2 Å². The van der Waals surface area contributed by atoms with Gasteiger partial charge in [0.25, 0.3) is 0 Å². The average Bonchev–Trinajstić information content (AvgIpc) is 2.38. The topological polar surface area (TPSA) is 38.7 Å². The number of esters is 1. The molecule has 0 bridgehead atoms. The maximum atomic E-state index is 10.8. The molecule has 0 saturated carbocycles. The monoisotopic (exact) mass is 233 g/mol. The van der Waals surface area contributed by atoms with Gasteiger partial charge in [-0.05, 0) is 18.4 Å². The molecule has 0 fully saturated rings. The second-order valence-electron chi connectivity index (χ2n) is 3.83. The van der Waals surface area contributed by atoms with Crippen molar-refractivity contribution < 1.29 is 9.53 Å². The van der Waals surface area contributed by atoms with Crippen LogP contribution in [0, 0.1) is 0 Å². The van der Waals surface area contributed by atoms with Gasteiger partial charge in [-0.2, -0.15) is 0 Å². The predicted molar refractivity (Wildman–Crippen MR) is 69.4 cm³/mol. The molecule has 17 heavy (non-hydrogen) atoms. The first kappa shape index (κ1) is 13.4. The van der Waals surface area contributed by atoms with Crippen molar-refractivity contribution in [3.63, 3.8) is 0 Å². The highest BCUT2D eigenvalue weighted by molar-refractivity contribution is 5.79. The Labute approximate surface area is 103 Å². The van der Waals surface area contributed by atoms with Crippen molar-refractivity contribution in [3.8, 4) is 0 Å². The number of nitrogens with zero attached hydrogens (tertiary/aromatic N) is 1. The molecule has 0 spiro atoms. The molecular weight excluding hydrogens is 214 g/mol. The second kappa shape index (κ2) is 8.50. The summed E-state index contributed by atoms with van der Waals surface area (Å²) >= 11 is 0. The summed E-state index contributed by atoms with van der Waals surface area (Å²) in [7, 11) is 1.42. The normalized spacial score (nSPS) is 10.6. The van der Waals surface area contributed by atoms with Crippen molar-refractivity contribution in [2.45, 2.75) is 25.7 Å². The molecule has 0 aromatic heterocycles. The second-order valence-corrected chi connectivity index (χ2v) is 3.83. The number of carbonyl (C=O) groups excluding carboxylic acids is 1. The Balaban J connectivity index is 2.05. The number of ether oxygens (including phenoxy) is 1. The molecule has 0 heterocycles. The summed E-state index contributed by atoms with van der Waals surface area (Å²) in [4.78, 5) is 15.2. The first-order chi connectivity index (χ1) is 8.33. The fraction of sp³-hybridized carbons (Fsp3) is 0.429. The Bertz CT molecular complexity index is 346. The van der Waals surface area contributed by atoms with E-state index in [0.717, 1.165) is 31.4 Å². The Morgan fingerprint density at radius 1 is 1.24 bits per heavy atom. The Morgan fingerprint density at radius 3 is 2.71 bits per heavy atom. The van der Waals surface area contributed by atoms with Crippen LogP contribution in [0.4, 0.5) is 0 Å². The summed E-state index contributed by atoms with van der Waals surface area (Å²) < 4.78 is 4.57. The van der Waals surface area contributed by atoms with E-state index in [2.05, 4.69) is 9.73 Å². The van der Waals surface area contributed by atoms with Crippen LogP contribution >= 0.6 is 0 Å². The van der Waals surface area contributed by atoms with Crippen LogP contribution in [-0.2, 0) is 9.53 Å². The summed E-state index contributed by atoms with van der Waals surface area (Å²) in [6, 6.07) is 10.0. The SMILES string of the molecule is COC(=O)CCCCCN=Cc1ccccc1. The van der Waals surface area contributed by atoms with Crippen molar-refractivity contribution in [1.29, 1.82) is 0 Å². The molecule has 1 rings (SSSR count). The first-order valence-electron chi connectivity index (χ1n) is 5.94. The van der Waals surface area contributed by atoms with Gasteiger partial charge in [0.2, 0.25) is 0 Å². The number of unbranched alkanes of at least 4 members (excludes halogenated alkanes) is 2. The molecule has 0 radical (unpaired) electrons. The number of carbonyl (C=O) groups is 1. The lowest BCUT2D eigenvalue weighted by Gasteiger charge is -1.98. The zero-order chi connectivity index (χ0) is 12.3. The van der Waals surface area contributed by atoms with Gasteiger partial charge in [0.1, 0.15) is 0 Å². The zero-order valence-corrected chi connectivity index (χ0v) is 10.3. The Kier molecular flexibility index (Phi) is 6.72. The molecule has 92 valence electrons. The number of benzene rings is 1. The number of rotatable bonds is 7. The zero-order valence-electron chi connectivity index (χ0n) is 10.3. The third kappa shape index (κ3) is 6.51. The average molecular weight is 233 g/mol. The van der Waals surface area contributed by atoms with Gasteiger partial charge in [-0.3, -0.25) is 9.79 Å². The number of methoxy groups -OCH3 is 1. The molecule has 0 N–H and O–H groups in total. The van der Waals surface area contributed by atoms with E-state index in [-0.39, 0.29) is 5.97 Å². The lowest BCUT2D eigenvalue weighted by atomic mass is 10.2. The van der Waals surface area contributed by atoms with Crippen LogP contribution in [0.15, 0.2) is 35.3 Å². The van der Waals surface area contributed by atoms with Gasteiger partial charge < -0.3 is 4.74 Å². The molecule has 0 aliphatic rings. The first-order valence-corrected chi connectivity index (χ1v) is 5.94. The highest BCUT2D eigenvalue weighted by atomic mass is 16.5. The quantitative estimate of drug-likeness (QED) is 0.412. The lowest BCUT2D eigenvalue weighted by Crippen LogP contribution is -1.99. The maximum Gasteiger partial charge on any atom is 0.305 e. The fourth-order valence-corrected chi connectivity index (χ4v) is 1.46. The van der Waals surface area contributed by atoms with E-state index in [1.807, 2.05) is 36.5 Å². The molecule has 3 nitrogen and oxygen atoms in total. The fourth-order valence-electron chi connectivity index (χ4n) is 1.46. The van der Waals surface area contributed by atoms with Crippen molar-refractivity contribution >= 4 is 12.2 Å². The number of hydrogen-bond donors (Lipinski definition) is 0. The van der Waals surface area contributed by atoms with Gasteiger partial charge in [-0.25, -0.2) is 0 Å². The third-order valence-corrected chi connectivity index (χ3v) is 2.44. The van der Waals surface area contributed by atoms with Crippen LogP contribution in [0.3, 0.4) is 0 Å². The lowest BCUT2D eigenvalue weighted by molar-refractivity contribution is -0.140. The van der Waals surface area contributed by atoms with Gasteiger partial charge in [0.05, 0.1) is 7.11 Å². The molecule has 1 aromatic carbocycles. The summed E-state index contributed by atoms with van der Waals surface area (Å²) in [5.41, 5.74) is 1.13. The summed E-state index contributed by atoms with van der Waals surface area (Å²) in [5, 5.41) is 0. The van der Waals surface area contributed by atoms with Crippen molar-refractivity contribution in [2.24, 2.45) is 4.99 Å². The molecule has 0 atom stereocenters. The molecule has 0 aliphatic heterocycles. The molecule has 3 heteroatoms. The van der Waals surface area contributed by atoms with E-state index in [1.165, 1.54) is 7.11 Å². The van der Waals surface area contributed by atoms with Crippen molar-refractivity contribution in [3.05, 3.63) is 35.9 Å². The molecular formula is C14H19NO2. The summed E-state index contributed by atoms with van der Waals surface area (Å²) in [6.45, 7) is 0.816. The van der Waals surface area contributed by atoms with E-state index in [4.69, 9.17) is 0 Å². The predicted octanol–water partition coefficient (Wildman–Crippen LogP) is 2.84. The van der Waals surface area contributed by atoms with Gasteiger partial charge in [0, 0.05) is 19.2 Å². The van der Waals surface area contributed by atoms with E-state index >= 15 is 0 Å². The minimum absolute atomic E-state index is 0.127. The van der Waals surface area contributed by atoms with Crippen LogP contribution < -0.4 is 0 Å². The molecule has 0 aliphatic carbocycles. The van der Waals surface area contributed by atoms with E-state index < -0.39 is 0 Å². The van der Waals surface area contributed by atoms with Gasteiger partial charge in [-0.15, -0.1) is 0 Å². The van der Waals surface area contributed by atoms with Crippen LogP contribution in [0.25, 0.3) is 0 Å². The summed E-state index contributed by atoms with van der Waals surface area (Å²) in [5.74, 6) is -0.127. The smallest absolute Gasteiger partial charge is 0.305 e. The van der Waals surface area contributed by atoms with Crippen molar-refractivity contribution in [1.82, 2.24) is 0 Å². The highest BCUT2D eigenvalue weighted by Crippen LogP contribution is 2.01. The van der Waals surface area contributed by atoms with E-state index in [0.29, 0.717) is 6.42 Å². The minimum atomic E-state index is -0.127. The van der Waals surface area contributed by atoms with Crippen LogP contribution in [0.5, 0.6) is 0 Å². The van der Waals surface area contributed by atoms with E-state index in [1.54, 1.807) is 0 Å². The highest BCUT2D eigenvalue weighted by Gasteiger charge is 1.98. The maximum absolute atomic E-state index is 10.8. The van der Waals surface area contributed by atoms with E-state index in [9.17, 15) is 4.79 Å². The number of aliphatic imine (C=N–C) groups is 1. The molecule has 0 saturated heterocycles. The van der Waals surface area contributed by atoms with Crippen LogP contribution in [0.2, 0.25) is 0 Å².